The third-order valence-corrected chi connectivity index (χ3v) is 2.33. The average molecular weight is 159 g/mol. The molecule has 1 aromatic heterocycles. The standard InChI is InChI=1S/C6H9NS2/c1-5(2)7-3-4-9-6(7)8/h3-5H,1-2H3. The molecule has 1 rings (SSSR count). The van der Waals surface area contributed by atoms with E-state index < -0.39 is 0 Å². The lowest BCUT2D eigenvalue weighted by Crippen LogP contribution is -1.96. The summed E-state index contributed by atoms with van der Waals surface area (Å²) in [4.78, 5) is 0. The lowest BCUT2D eigenvalue weighted by Gasteiger charge is -2.03. The lowest BCUT2D eigenvalue weighted by molar-refractivity contribution is 0.600. The smallest absolute Gasteiger partial charge is 0.161 e. The zero-order valence-electron chi connectivity index (χ0n) is 5.50. The predicted octanol–water partition coefficient (Wildman–Crippen LogP) is 2.86. The van der Waals surface area contributed by atoms with Crippen molar-refractivity contribution in [1.29, 1.82) is 0 Å². The molecule has 0 unspecified atom stereocenters. The molecule has 0 spiro atoms. The summed E-state index contributed by atoms with van der Waals surface area (Å²) in [6, 6.07) is 0.503. The van der Waals surface area contributed by atoms with Crippen molar-refractivity contribution < 1.29 is 0 Å². The van der Waals surface area contributed by atoms with E-state index in [2.05, 4.69) is 18.4 Å². The van der Waals surface area contributed by atoms with E-state index in [9.17, 15) is 0 Å². The van der Waals surface area contributed by atoms with E-state index in [4.69, 9.17) is 12.2 Å². The lowest BCUT2D eigenvalue weighted by atomic mass is 10.4. The van der Waals surface area contributed by atoms with Gasteiger partial charge >= 0.3 is 0 Å². The Kier molecular flexibility index (Phi) is 2.03. The molecule has 0 N–H and O–H groups in total. The maximum atomic E-state index is 5.04. The summed E-state index contributed by atoms with van der Waals surface area (Å²) < 4.78 is 3.05. The van der Waals surface area contributed by atoms with Gasteiger partial charge in [-0.15, -0.1) is 11.3 Å². The quantitative estimate of drug-likeness (QED) is 0.570. The molecule has 0 atom stereocenters. The van der Waals surface area contributed by atoms with Crippen LogP contribution in [0.3, 0.4) is 0 Å². The van der Waals surface area contributed by atoms with Crippen molar-refractivity contribution in [3.63, 3.8) is 0 Å². The molecule has 0 amide bonds. The van der Waals surface area contributed by atoms with Crippen LogP contribution < -0.4 is 0 Å². The summed E-state index contributed by atoms with van der Waals surface area (Å²) >= 11 is 6.65. The first kappa shape index (κ1) is 6.96. The van der Waals surface area contributed by atoms with E-state index in [1.165, 1.54) is 0 Å². The Balaban J connectivity index is 3.08. The first-order chi connectivity index (χ1) is 4.22. The van der Waals surface area contributed by atoms with E-state index in [0.717, 1.165) is 3.95 Å². The van der Waals surface area contributed by atoms with Gasteiger partial charge in [-0.05, 0) is 26.1 Å². The molecule has 0 bridgehead atoms. The Morgan fingerprint density at radius 1 is 1.67 bits per heavy atom. The zero-order chi connectivity index (χ0) is 6.85. The topological polar surface area (TPSA) is 4.93 Å². The van der Waals surface area contributed by atoms with Gasteiger partial charge in [0.05, 0.1) is 0 Å². The van der Waals surface area contributed by atoms with Crippen LogP contribution in [0.25, 0.3) is 0 Å². The summed E-state index contributed by atoms with van der Waals surface area (Å²) in [7, 11) is 0. The SMILES string of the molecule is CC(C)n1ccsc1=S. The van der Waals surface area contributed by atoms with Crippen molar-refractivity contribution in [3.05, 3.63) is 15.5 Å². The number of thiazole rings is 1. The number of rotatable bonds is 1. The monoisotopic (exact) mass is 159 g/mol. The third kappa shape index (κ3) is 1.40. The second-order valence-electron chi connectivity index (χ2n) is 2.17. The van der Waals surface area contributed by atoms with Crippen LogP contribution in [0, 0.1) is 3.95 Å². The molecule has 1 nitrogen and oxygen atoms in total. The van der Waals surface area contributed by atoms with Crippen molar-refractivity contribution in [1.82, 2.24) is 4.57 Å². The van der Waals surface area contributed by atoms with Crippen molar-refractivity contribution in [3.8, 4) is 0 Å². The minimum absolute atomic E-state index is 0.503. The molecule has 0 aromatic carbocycles. The van der Waals surface area contributed by atoms with Crippen molar-refractivity contribution in [2.45, 2.75) is 19.9 Å². The molecule has 0 radical (unpaired) electrons. The molecule has 50 valence electrons. The van der Waals surface area contributed by atoms with Crippen LogP contribution in [-0.2, 0) is 0 Å². The van der Waals surface area contributed by atoms with Gasteiger partial charge < -0.3 is 4.57 Å². The van der Waals surface area contributed by atoms with Gasteiger partial charge in [0.2, 0.25) is 0 Å². The Morgan fingerprint density at radius 2 is 2.33 bits per heavy atom. The fourth-order valence-electron chi connectivity index (χ4n) is 0.659. The fourth-order valence-corrected chi connectivity index (χ4v) is 1.80. The largest absolute Gasteiger partial charge is 0.328 e. The molecule has 3 heteroatoms. The highest BCUT2D eigenvalue weighted by molar-refractivity contribution is 7.73. The van der Waals surface area contributed by atoms with Gasteiger partial charge in [-0.25, -0.2) is 0 Å². The fraction of sp³-hybridized carbons (Fsp3) is 0.500. The van der Waals surface area contributed by atoms with Crippen molar-refractivity contribution in [2.24, 2.45) is 0 Å². The van der Waals surface area contributed by atoms with Gasteiger partial charge in [-0.1, -0.05) is 0 Å². The molecule has 0 saturated carbocycles. The number of hydrogen-bond donors (Lipinski definition) is 0. The van der Waals surface area contributed by atoms with Crippen LogP contribution in [0.4, 0.5) is 0 Å². The van der Waals surface area contributed by atoms with Crippen molar-refractivity contribution >= 4 is 23.6 Å². The normalized spacial score (nSPS) is 10.6. The van der Waals surface area contributed by atoms with E-state index in [1.807, 2.05) is 11.6 Å². The molecule has 0 aliphatic carbocycles. The van der Waals surface area contributed by atoms with Crippen LogP contribution >= 0.6 is 23.6 Å². The Morgan fingerprint density at radius 3 is 2.56 bits per heavy atom. The first-order valence-corrected chi connectivity index (χ1v) is 4.16. The molecule has 0 fully saturated rings. The molecule has 0 aliphatic rings. The highest BCUT2D eigenvalue weighted by atomic mass is 32.1. The highest BCUT2D eigenvalue weighted by Crippen LogP contribution is 2.09. The van der Waals surface area contributed by atoms with Crippen LogP contribution in [0.15, 0.2) is 11.6 Å². The summed E-state index contributed by atoms with van der Waals surface area (Å²) in [6.45, 7) is 4.26. The molecular formula is C6H9NS2. The van der Waals surface area contributed by atoms with Crippen LogP contribution in [-0.4, -0.2) is 4.57 Å². The highest BCUT2D eigenvalue weighted by Gasteiger charge is 1.95. The number of nitrogens with zero attached hydrogens (tertiary/aromatic N) is 1. The van der Waals surface area contributed by atoms with Gasteiger partial charge in [0.15, 0.2) is 3.95 Å². The number of hydrogen-bond acceptors (Lipinski definition) is 2. The molecule has 1 aromatic rings. The zero-order valence-corrected chi connectivity index (χ0v) is 7.13. The van der Waals surface area contributed by atoms with E-state index >= 15 is 0 Å². The van der Waals surface area contributed by atoms with E-state index in [1.54, 1.807) is 11.3 Å². The van der Waals surface area contributed by atoms with Gasteiger partial charge in [0, 0.05) is 17.6 Å². The van der Waals surface area contributed by atoms with Crippen LogP contribution in [0.2, 0.25) is 0 Å². The summed E-state index contributed by atoms with van der Waals surface area (Å²) in [5.41, 5.74) is 0. The van der Waals surface area contributed by atoms with Gasteiger partial charge in [-0.3, -0.25) is 0 Å². The predicted molar refractivity (Wildman–Crippen MR) is 43.5 cm³/mol. The van der Waals surface area contributed by atoms with Gasteiger partial charge in [0.1, 0.15) is 0 Å². The molecule has 0 saturated heterocycles. The summed E-state index contributed by atoms with van der Waals surface area (Å²) in [5.74, 6) is 0. The maximum Gasteiger partial charge on any atom is 0.161 e. The first-order valence-electron chi connectivity index (χ1n) is 2.87. The van der Waals surface area contributed by atoms with Crippen LogP contribution in [0.1, 0.15) is 19.9 Å². The van der Waals surface area contributed by atoms with E-state index in [-0.39, 0.29) is 0 Å². The minimum Gasteiger partial charge on any atom is -0.328 e. The Labute approximate surface area is 64.0 Å². The second kappa shape index (κ2) is 2.62. The number of aromatic nitrogens is 1. The maximum absolute atomic E-state index is 5.04. The molecule has 9 heavy (non-hydrogen) atoms. The molecule has 1 heterocycles. The van der Waals surface area contributed by atoms with Gasteiger partial charge in [-0.2, -0.15) is 0 Å². The Bertz CT molecular complexity index is 233. The van der Waals surface area contributed by atoms with Crippen LogP contribution in [0.5, 0.6) is 0 Å². The van der Waals surface area contributed by atoms with E-state index in [0.29, 0.717) is 6.04 Å². The summed E-state index contributed by atoms with van der Waals surface area (Å²) in [6.07, 6.45) is 2.03. The Hall–Kier alpha value is -0.150. The molecule has 0 aliphatic heterocycles. The second-order valence-corrected chi connectivity index (χ2v) is 3.71. The van der Waals surface area contributed by atoms with Crippen molar-refractivity contribution in [2.75, 3.05) is 0 Å². The average Bonchev–Trinajstić information content (AvgIpc) is 2.13. The third-order valence-electron chi connectivity index (χ3n) is 1.16. The van der Waals surface area contributed by atoms with Gasteiger partial charge in [0.25, 0.3) is 0 Å². The minimum atomic E-state index is 0.503. The molecular weight excluding hydrogens is 150 g/mol. The summed E-state index contributed by atoms with van der Waals surface area (Å²) in [5, 5.41) is 2.02.